The Kier molecular flexibility index (Phi) is 18.3. The van der Waals surface area contributed by atoms with E-state index in [1.807, 2.05) is 0 Å². The van der Waals surface area contributed by atoms with Crippen LogP contribution in [0.2, 0.25) is 0 Å². The topological polar surface area (TPSA) is 43.4 Å². The minimum absolute atomic E-state index is 0.0306. The van der Waals surface area contributed by atoms with E-state index in [2.05, 4.69) is 13.8 Å². The Morgan fingerprint density at radius 3 is 2.14 bits per heavy atom. The molecule has 0 unspecified atom stereocenters. The summed E-state index contributed by atoms with van der Waals surface area (Å²) in [6, 6.07) is 0. The van der Waals surface area contributed by atoms with Gasteiger partial charge in [-0.2, -0.15) is 0 Å². The fourth-order valence-corrected chi connectivity index (χ4v) is 0.922. The quantitative estimate of drug-likeness (QED) is 0.412. The van der Waals surface area contributed by atoms with Crippen LogP contribution in [-0.4, -0.2) is 35.1 Å². The van der Waals surface area contributed by atoms with Crippen LogP contribution in [0.15, 0.2) is 0 Å². The fraction of sp³-hybridized carbons (Fsp3) is 0.900. The second-order valence-corrected chi connectivity index (χ2v) is 3.03. The van der Waals surface area contributed by atoms with Gasteiger partial charge in [-0.15, -0.1) is 0 Å². The molecular weight excluding hydrogens is 287 g/mol. The van der Waals surface area contributed by atoms with Gasteiger partial charge in [0, 0.05) is 6.42 Å². The van der Waals surface area contributed by atoms with E-state index in [4.69, 9.17) is 7.81 Å². The minimum atomic E-state index is -0.0306. The third kappa shape index (κ3) is 14.6. The van der Waals surface area contributed by atoms with Gasteiger partial charge in [-0.3, -0.25) is 4.79 Å². The number of carbonyl (C=O) groups excluding carboxylic acids is 1. The summed E-state index contributed by atoms with van der Waals surface area (Å²) in [5.41, 5.74) is 0. The van der Waals surface area contributed by atoms with Gasteiger partial charge >= 0.3 is 31.6 Å². The van der Waals surface area contributed by atoms with Crippen LogP contribution in [0.1, 0.15) is 52.4 Å². The molecule has 0 spiro atoms. The summed E-state index contributed by atoms with van der Waals surface area (Å²) in [5.74, 6) is -0.0306. The van der Waals surface area contributed by atoms with Gasteiger partial charge in [-0.1, -0.05) is 33.1 Å². The zero-order valence-electron chi connectivity index (χ0n) is 9.17. The van der Waals surface area contributed by atoms with Crippen LogP contribution >= 0.6 is 0 Å². The number of carbonyl (C=O) groups is 1. The first-order valence-electron chi connectivity index (χ1n) is 5.17. The van der Waals surface area contributed by atoms with Crippen LogP contribution in [0.5, 0.6) is 0 Å². The number of hydrogen-bond acceptors (Lipinski definition) is 3. The summed E-state index contributed by atoms with van der Waals surface area (Å²) >= 11 is 0.300. The van der Waals surface area contributed by atoms with Crippen LogP contribution in [0, 0.1) is 0 Å². The van der Waals surface area contributed by atoms with Crippen molar-refractivity contribution in [1.82, 2.24) is 0 Å². The van der Waals surface area contributed by atoms with Gasteiger partial charge in [0.25, 0.3) is 0 Å². The molecule has 0 aromatic carbocycles. The zero-order chi connectivity index (χ0) is 11.2. The van der Waals surface area contributed by atoms with Crippen molar-refractivity contribution < 1.29 is 12.6 Å². The summed E-state index contributed by atoms with van der Waals surface area (Å²) in [7, 11) is 0. The van der Waals surface area contributed by atoms with E-state index >= 15 is 0 Å². The number of ether oxygens (including phenoxy) is 1. The molecule has 0 aliphatic rings. The molecular formula is C10H20O3Sn. The van der Waals surface area contributed by atoms with E-state index in [9.17, 15) is 4.79 Å². The van der Waals surface area contributed by atoms with E-state index in [0.29, 0.717) is 35.5 Å². The van der Waals surface area contributed by atoms with Crippen LogP contribution in [0.4, 0.5) is 0 Å². The van der Waals surface area contributed by atoms with Crippen LogP contribution in [-0.2, 0) is 12.6 Å². The summed E-state index contributed by atoms with van der Waals surface area (Å²) < 4.78 is 13.3. The predicted octanol–water partition coefficient (Wildman–Crippen LogP) is 2.41. The second kappa shape index (κ2) is 15.5. The van der Waals surface area contributed by atoms with Crippen molar-refractivity contribution in [2.75, 3.05) is 6.61 Å². The van der Waals surface area contributed by atoms with Crippen molar-refractivity contribution in [2.24, 2.45) is 0 Å². The van der Waals surface area contributed by atoms with E-state index in [0.717, 1.165) is 32.1 Å². The van der Waals surface area contributed by atoms with Crippen molar-refractivity contribution in [3.05, 3.63) is 0 Å². The molecule has 4 heteroatoms. The molecule has 0 N–H and O–H groups in total. The second-order valence-electron chi connectivity index (χ2n) is 3.03. The van der Waals surface area contributed by atoms with E-state index < -0.39 is 0 Å². The molecule has 0 rings (SSSR count). The Bertz CT molecular complexity index is 117. The van der Waals surface area contributed by atoms with Gasteiger partial charge in [0.15, 0.2) is 0 Å². The van der Waals surface area contributed by atoms with Crippen molar-refractivity contribution in [2.45, 2.75) is 52.4 Å². The van der Waals surface area contributed by atoms with Crippen LogP contribution < -0.4 is 0 Å². The van der Waals surface area contributed by atoms with Crippen LogP contribution in [0.3, 0.4) is 0 Å². The van der Waals surface area contributed by atoms with Crippen molar-refractivity contribution in [3.63, 3.8) is 0 Å². The monoisotopic (exact) mass is 308 g/mol. The summed E-state index contributed by atoms with van der Waals surface area (Å²) in [6.45, 7) is 4.81. The Hall–Kier alpha value is 0.0687. The van der Waals surface area contributed by atoms with Crippen molar-refractivity contribution >= 4 is 28.5 Å². The molecule has 0 aliphatic heterocycles. The normalized spacial score (nSPS) is 8.71. The zero-order valence-corrected chi connectivity index (χ0v) is 12.0. The molecule has 0 heterocycles. The molecule has 0 aromatic rings. The van der Waals surface area contributed by atoms with Gasteiger partial charge in [0.2, 0.25) is 0 Å². The van der Waals surface area contributed by atoms with Gasteiger partial charge in [0.1, 0.15) is 0 Å². The maximum absolute atomic E-state index is 11.0. The van der Waals surface area contributed by atoms with E-state index in [1.54, 1.807) is 0 Å². The predicted molar refractivity (Wildman–Crippen MR) is 56.4 cm³/mol. The number of esters is 1. The molecule has 0 atom stereocenters. The molecule has 14 heavy (non-hydrogen) atoms. The first kappa shape index (κ1) is 16.5. The first-order valence-corrected chi connectivity index (χ1v) is 6.33. The third-order valence-electron chi connectivity index (χ3n) is 1.75. The number of rotatable bonds is 7. The first-order chi connectivity index (χ1) is 6.81. The summed E-state index contributed by atoms with van der Waals surface area (Å²) in [4.78, 5) is 11.0. The number of unbranched alkanes of at least 4 members (excludes halogenated alkanes) is 3. The van der Waals surface area contributed by atoms with Gasteiger partial charge in [0.05, 0.1) is 6.61 Å². The van der Waals surface area contributed by atoms with E-state index in [1.165, 1.54) is 0 Å². The average Bonchev–Trinajstić information content (AvgIpc) is 2.22. The standard InChI is InChI=1S/C10H20O2.O.Sn/c1-3-5-7-8-10(11)12-9-6-4-2;;/h3-9H2,1-2H3;;. The van der Waals surface area contributed by atoms with E-state index in [-0.39, 0.29) is 5.97 Å². The van der Waals surface area contributed by atoms with Crippen molar-refractivity contribution in [3.8, 4) is 0 Å². The molecule has 0 saturated carbocycles. The van der Waals surface area contributed by atoms with Crippen LogP contribution in [0.25, 0.3) is 0 Å². The average molecular weight is 307 g/mol. The Morgan fingerprint density at radius 1 is 1.07 bits per heavy atom. The molecule has 82 valence electrons. The SMILES string of the molecule is CCCCCC(=O)OCCCC.[O]=[Sn]. The molecule has 0 saturated heterocycles. The summed E-state index contributed by atoms with van der Waals surface area (Å²) in [6.07, 6.45) is 5.92. The molecule has 0 fully saturated rings. The third-order valence-corrected chi connectivity index (χ3v) is 1.75. The van der Waals surface area contributed by atoms with Gasteiger partial charge in [-0.25, -0.2) is 0 Å². The van der Waals surface area contributed by atoms with Gasteiger partial charge in [-0.05, 0) is 12.8 Å². The Labute approximate surface area is 100 Å². The Balaban J connectivity index is 0. The van der Waals surface area contributed by atoms with Crippen molar-refractivity contribution in [1.29, 1.82) is 0 Å². The molecule has 0 aliphatic carbocycles. The number of hydrogen-bond donors (Lipinski definition) is 0. The molecule has 0 aromatic heterocycles. The summed E-state index contributed by atoms with van der Waals surface area (Å²) in [5, 5.41) is 0. The molecule has 0 amide bonds. The molecule has 2 radical (unpaired) electrons. The Morgan fingerprint density at radius 2 is 1.64 bits per heavy atom. The molecule has 0 bridgehead atoms. The van der Waals surface area contributed by atoms with Gasteiger partial charge < -0.3 is 4.74 Å². The fourth-order valence-electron chi connectivity index (χ4n) is 0.922. The maximum atomic E-state index is 11.0. The molecule has 3 nitrogen and oxygen atoms in total.